The monoisotopic (exact) mass is 243 g/mol. The first-order chi connectivity index (χ1) is 7.33. The highest BCUT2D eigenvalue weighted by Crippen LogP contribution is 2.13. The number of thioether (sulfide) groups is 1. The molecule has 1 rings (SSSR count). The first-order valence-corrected chi connectivity index (χ1v) is 7.69. The highest BCUT2D eigenvalue weighted by Gasteiger charge is 2.00. The highest BCUT2D eigenvalue weighted by atomic mass is 32.2. The van der Waals surface area contributed by atoms with E-state index < -0.39 is 10.8 Å². The maximum absolute atomic E-state index is 11.5. The van der Waals surface area contributed by atoms with Crippen molar-refractivity contribution >= 4 is 22.6 Å². The van der Waals surface area contributed by atoms with Crippen LogP contribution in [0.2, 0.25) is 0 Å². The van der Waals surface area contributed by atoms with Crippen LogP contribution < -0.4 is 0 Å². The smallest absolute Gasteiger partial charge is 0.0960 e. The van der Waals surface area contributed by atoms with Crippen molar-refractivity contribution in [2.45, 2.75) is 24.8 Å². The molecule has 1 aromatic heterocycles. The van der Waals surface area contributed by atoms with Gasteiger partial charge in [0.1, 0.15) is 0 Å². The molecule has 0 aromatic carbocycles. The Hall–Kier alpha value is -0.350. The largest absolute Gasteiger partial charge is 0.260 e. The lowest BCUT2D eigenvalue weighted by molar-refractivity contribution is 0.680. The van der Waals surface area contributed by atoms with Crippen molar-refractivity contribution in [3.8, 4) is 0 Å². The SMILES string of the molecule is CCCCS(=O)CCSc1ccccn1. The van der Waals surface area contributed by atoms with E-state index in [1.807, 2.05) is 18.2 Å². The second-order valence-corrected chi connectivity index (χ2v) is 6.03. The molecule has 1 heterocycles. The standard InChI is InChI=1S/C11H17NOS2/c1-2-3-9-15(13)10-8-14-11-6-4-5-7-12-11/h4-7H,2-3,8-10H2,1H3. The summed E-state index contributed by atoms with van der Waals surface area (Å²) in [6.45, 7) is 2.12. The van der Waals surface area contributed by atoms with Crippen LogP contribution in [0.3, 0.4) is 0 Å². The van der Waals surface area contributed by atoms with E-state index in [-0.39, 0.29) is 0 Å². The molecular formula is C11H17NOS2. The van der Waals surface area contributed by atoms with E-state index in [4.69, 9.17) is 0 Å². The zero-order valence-corrected chi connectivity index (χ0v) is 10.6. The summed E-state index contributed by atoms with van der Waals surface area (Å²) < 4.78 is 11.5. The Morgan fingerprint density at radius 2 is 2.27 bits per heavy atom. The quantitative estimate of drug-likeness (QED) is 0.690. The van der Waals surface area contributed by atoms with E-state index in [1.165, 1.54) is 0 Å². The van der Waals surface area contributed by atoms with Gasteiger partial charge in [0.05, 0.1) is 5.03 Å². The summed E-state index contributed by atoms with van der Waals surface area (Å²) in [4.78, 5) is 4.20. The lowest BCUT2D eigenvalue weighted by atomic mass is 10.4. The molecule has 0 N–H and O–H groups in total. The normalized spacial score (nSPS) is 12.6. The van der Waals surface area contributed by atoms with Crippen LogP contribution in [0.1, 0.15) is 19.8 Å². The van der Waals surface area contributed by atoms with Crippen molar-refractivity contribution < 1.29 is 4.21 Å². The molecule has 0 radical (unpaired) electrons. The van der Waals surface area contributed by atoms with Crippen LogP contribution in [-0.4, -0.2) is 26.5 Å². The van der Waals surface area contributed by atoms with Gasteiger partial charge in [-0.25, -0.2) is 4.98 Å². The Morgan fingerprint density at radius 3 is 2.93 bits per heavy atom. The number of rotatable bonds is 7. The van der Waals surface area contributed by atoms with Gasteiger partial charge in [-0.05, 0) is 18.6 Å². The van der Waals surface area contributed by atoms with E-state index >= 15 is 0 Å². The lowest BCUT2D eigenvalue weighted by Gasteiger charge is -2.01. The van der Waals surface area contributed by atoms with E-state index in [1.54, 1.807) is 18.0 Å². The van der Waals surface area contributed by atoms with Crippen LogP contribution in [0, 0.1) is 0 Å². The average molecular weight is 243 g/mol. The van der Waals surface area contributed by atoms with Crippen molar-refractivity contribution in [3.05, 3.63) is 24.4 Å². The third-order valence-electron chi connectivity index (χ3n) is 1.92. The Balaban J connectivity index is 2.14. The topological polar surface area (TPSA) is 30.0 Å². The Morgan fingerprint density at radius 1 is 1.40 bits per heavy atom. The van der Waals surface area contributed by atoms with Crippen LogP contribution in [0.5, 0.6) is 0 Å². The van der Waals surface area contributed by atoms with Gasteiger partial charge in [-0.1, -0.05) is 19.4 Å². The molecule has 15 heavy (non-hydrogen) atoms. The van der Waals surface area contributed by atoms with Crippen molar-refractivity contribution in [1.29, 1.82) is 0 Å². The van der Waals surface area contributed by atoms with Crippen LogP contribution in [-0.2, 0) is 10.8 Å². The lowest BCUT2D eigenvalue weighted by Crippen LogP contribution is -2.04. The third kappa shape index (κ3) is 5.95. The van der Waals surface area contributed by atoms with Gasteiger partial charge in [-0.3, -0.25) is 4.21 Å². The molecule has 0 amide bonds. The first-order valence-electron chi connectivity index (χ1n) is 5.21. The number of nitrogens with zero attached hydrogens (tertiary/aromatic N) is 1. The van der Waals surface area contributed by atoms with Gasteiger partial charge in [0, 0.05) is 34.3 Å². The summed E-state index contributed by atoms with van der Waals surface area (Å²) >= 11 is 1.68. The number of pyridine rings is 1. The molecule has 1 atom stereocenters. The average Bonchev–Trinajstić information content (AvgIpc) is 2.28. The molecule has 0 saturated heterocycles. The number of unbranched alkanes of at least 4 members (excludes halogenated alkanes) is 1. The van der Waals surface area contributed by atoms with Gasteiger partial charge >= 0.3 is 0 Å². The summed E-state index contributed by atoms with van der Waals surface area (Å²) in [7, 11) is -0.642. The Kier molecular flexibility index (Phi) is 6.68. The molecule has 0 saturated carbocycles. The van der Waals surface area contributed by atoms with E-state index in [2.05, 4.69) is 11.9 Å². The van der Waals surface area contributed by atoms with Crippen molar-refractivity contribution in [1.82, 2.24) is 4.98 Å². The van der Waals surface area contributed by atoms with Crippen molar-refractivity contribution in [3.63, 3.8) is 0 Å². The minimum absolute atomic E-state index is 0.642. The molecule has 0 aliphatic heterocycles. The van der Waals surface area contributed by atoms with Crippen LogP contribution >= 0.6 is 11.8 Å². The predicted octanol–water partition coefficient (Wildman–Crippen LogP) is 2.72. The minimum atomic E-state index is -0.642. The van der Waals surface area contributed by atoms with Gasteiger partial charge < -0.3 is 0 Å². The molecule has 84 valence electrons. The van der Waals surface area contributed by atoms with Crippen LogP contribution in [0.25, 0.3) is 0 Å². The minimum Gasteiger partial charge on any atom is -0.260 e. The van der Waals surface area contributed by atoms with Gasteiger partial charge in [0.2, 0.25) is 0 Å². The van der Waals surface area contributed by atoms with Crippen LogP contribution in [0.15, 0.2) is 29.4 Å². The third-order valence-corrected chi connectivity index (χ3v) is 4.53. The Labute approximate surface area is 98.3 Å². The fourth-order valence-electron chi connectivity index (χ4n) is 1.08. The van der Waals surface area contributed by atoms with Gasteiger partial charge in [0.25, 0.3) is 0 Å². The molecule has 0 aliphatic carbocycles. The number of hydrogen-bond acceptors (Lipinski definition) is 3. The van der Waals surface area contributed by atoms with Gasteiger partial charge in [-0.2, -0.15) is 0 Å². The molecule has 2 nitrogen and oxygen atoms in total. The van der Waals surface area contributed by atoms with Crippen molar-refractivity contribution in [2.24, 2.45) is 0 Å². The molecule has 1 unspecified atom stereocenters. The number of aromatic nitrogens is 1. The molecule has 0 aliphatic rings. The summed E-state index contributed by atoms with van der Waals surface area (Å²) in [6.07, 6.45) is 3.98. The fraction of sp³-hybridized carbons (Fsp3) is 0.545. The first kappa shape index (κ1) is 12.7. The zero-order chi connectivity index (χ0) is 10.9. The molecular weight excluding hydrogens is 226 g/mol. The molecule has 0 bridgehead atoms. The molecule has 0 fully saturated rings. The highest BCUT2D eigenvalue weighted by molar-refractivity contribution is 8.00. The van der Waals surface area contributed by atoms with Gasteiger partial charge in [-0.15, -0.1) is 11.8 Å². The molecule has 1 aromatic rings. The van der Waals surface area contributed by atoms with E-state index in [9.17, 15) is 4.21 Å². The fourth-order valence-corrected chi connectivity index (χ4v) is 3.49. The summed E-state index contributed by atoms with van der Waals surface area (Å²) in [6, 6.07) is 5.87. The summed E-state index contributed by atoms with van der Waals surface area (Å²) in [5.74, 6) is 2.52. The maximum atomic E-state index is 11.5. The van der Waals surface area contributed by atoms with E-state index in [0.29, 0.717) is 0 Å². The summed E-state index contributed by atoms with van der Waals surface area (Å²) in [5.41, 5.74) is 0. The molecule has 4 heteroatoms. The summed E-state index contributed by atoms with van der Waals surface area (Å²) in [5, 5.41) is 1.02. The van der Waals surface area contributed by atoms with Gasteiger partial charge in [0.15, 0.2) is 0 Å². The maximum Gasteiger partial charge on any atom is 0.0960 e. The van der Waals surface area contributed by atoms with Crippen LogP contribution in [0.4, 0.5) is 0 Å². The second-order valence-electron chi connectivity index (χ2n) is 3.22. The number of hydrogen-bond donors (Lipinski definition) is 0. The Bertz CT molecular complexity index is 290. The van der Waals surface area contributed by atoms with E-state index in [0.717, 1.165) is 35.1 Å². The molecule has 0 spiro atoms. The second kappa shape index (κ2) is 7.88. The van der Waals surface area contributed by atoms with Crippen molar-refractivity contribution in [2.75, 3.05) is 17.3 Å². The predicted molar refractivity (Wildman–Crippen MR) is 67.7 cm³/mol. The zero-order valence-electron chi connectivity index (χ0n) is 9.02.